The summed E-state index contributed by atoms with van der Waals surface area (Å²) < 4.78 is 6.21. The smallest absolute Gasteiger partial charge is 0.142 e. The molecule has 2 aromatic rings. The van der Waals surface area contributed by atoms with Crippen LogP contribution in [0.1, 0.15) is 5.69 Å². The number of ether oxygens (including phenoxy) is 1. The van der Waals surface area contributed by atoms with E-state index in [2.05, 4.69) is 26.2 Å². The van der Waals surface area contributed by atoms with Crippen molar-refractivity contribution in [3.63, 3.8) is 0 Å². The van der Waals surface area contributed by atoms with Gasteiger partial charge in [-0.15, -0.1) is 0 Å². The van der Waals surface area contributed by atoms with Crippen LogP contribution >= 0.6 is 15.9 Å². The summed E-state index contributed by atoms with van der Waals surface area (Å²) in [6.45, 7) is 0. The maximum atomic E-state index is 8.68. The van der Waals surface area contributed by atoms with Crippen LogP contribution in [0, 0.1) is 11.3 Å². The first-order valence-electron chi connectivity index (χ1n) is 5.19. The highest BCUT2D eigenvalue weighted by atomic mass is 79.9. The normalized spacial score (nSPS) is 9.61. The Balaban J connectivity index is 2.27. The van der Waals surface area contributed by atoms with Gasteiger partial charge in [-0.05, 0) is 30.3 Å². The zero-order valence-electron chi connectivity index (χ0n) is 9.64. The molecule has 0 fully saturated rings. The number of halogens is 1. The van der Waals surface area contributed by atoms with Gasteiger partial charge in [0.2, 0.25) is 0 Å². The van der Waals surface area contributed by atoms with Gasteiger partial charge in [0, 0.05) is 4.47 Å². The Morgan fingerprint density at radius 1 is 1.33 bits per heavy atom. The number of hydrogen-bond acceptors (Lipinski definition) is 4. The van der Waals surface area contributed by atoms with Gasteiger partial charge in [0.05, 0.1) is 24.7 Å². The number of anilines is 2. The highest BCUT2D eigenvalue weighted by molar-refractivity contribution is 9.10. The lowest BCUT2D eigenvalue weighted by atomic mass is 10.2. The van der Waals surface area contributed by atoms with Crippen molar-refractivity contribution in [1.82, 2.24) is 4.98 Å². The summed E-state index contributed by atoms with van der Waals surface area (Å²) in [5.74, 6) is 0.738. The fourth-order valence-corrected chi connectivity index (χ4v) is 1.83. The topological polar surface area (TPSA) is 57.9 Å². The molecule has 1 aromatic heterocycles. The molecular formula is C13H10BrN3O. The fourth-order valence-electron chi connectivity index (χ4n) is 1.47. The zero-order chi connectivity index (χ0) is 13.0. The van der Waals surface area contributed by atoms with Gasteiger partial charge >= 0.3 is 0 Å². The molecule has 1 heterocycles. The molecule has 1 aromatic carbocycles. The molecule has 0 saturated carbocycles. The Hall–Kier alpha value is -2.06. The third kappa shape index (κ3) is 2.79. The van der Waals surface area contributed by atoms with Gasteiger partial charge in [-0.3, -0.25) is 0 Å². The third-order valence-corrected chi connectivity index (χ3v) is 2.81. The van der Waals surface area contributed by atoms with Crippen molar-refractivity contribution in [2.45, 2.75) is 0 Å². The average molecular weight is 304 g/mol. The fraction of sp³-hybridized carbons (Fsp3) is 0.0769. The second-order valence-electron chi connectivity index (χ2n) is 3.51. The summed E-state index contributed by atoms with van der Waals surface area (Å²) in [4.78, 5) is 4.00. The highest BCUT2D eigenvalue weighted by Crippen LogP contribution is 2.30. The van der Waals surface area contributed by atoms with Gasteiger partial charge in [0.25, 0.3) is 0 Å². The van der Waals surface area contributed by atoms with E-state index in [4.69, 9.17) is 10.00 Å². The summed E-state index contributed by atoms with van der Waals surface area (Å²) in [5, 5.41) is 11.9. The van der Waals surface area contributed by atoms with E-state index in [0.717, 1.165) is 21.6 Å². The van der Waals surface area contributed by atoms with Crippen molar-refractivity contribution < 1.29 is 4.74 Å². The second-order valence-corrected chi connectivity index (χ2v) is 4.43. The summed E-state index contributed by atoms with van der Waals surface area (Å²) in [5.41, 5.74) is 2.02. The predicted octanol–water partition coefficient (Wildman–Crippen LogP) is 3.47. The molecule has 0 radical (unpaired) electrons. The van der Waals surface area contributed by atoms with Crippen molar-refractivity contribution >= 4 is 27.3 Å². The van der Waals surface area contributed by atoms with Gasteiger partial charge in [-0.1, -0.05) is 15.9 Å². The van der Waals surface area contributed by atoms with Crippen LogP contribution in [-0.2, 0) is 0 Å². The Morgan fingerprint density at radius 2 is 2.17 bits per heavy atom. The molecule has 0 bridgehead atoms. The van der Waals surface area contributed by atoms with Crippen LogP contribution in [0.3, 0.4) is 0 Å². The summed E-state index contributed by atoms with van der Waals surface area (Å²) in [7, 11) is 1.62. The van der Waals surface area contributed by atoms with Crippen molar-refractivity contribution in [1.29, 1.82) is 5.26 Å². The third-order valence-electron chi connectivity index (χ3n) is 2.32. The summed E-state index contributed by atoms with van der Waals surface area (Å²) >= 11 is 3.41. The number of benzene rings is 1. The van der Waals surface area contributed by atoms with Crippen LogP contribution in [0.2, 0.25) is 0 Å². The van der Waals surface area contributed by atoms with E-state index in [0.29, 0.717) is 5.69 Å². The molecule has 0 atom stereocenters. The SMILES string of the molecule is COc1ccc(Br)cc1Nc1ccc(C#N)nc1. The van der Waals surface area contributed by atoms with Crippen LogP contribution in [0.5, 0.6) is 5.75 Å². The Morgan fingerprint density at radius 3 is 2.78 bits per heavy atom. The van der Waals surface area contributed by atoms with E-state index < -0.39 is 0 Å². The van der Waals surface area contributed by atoms with Gasteiger partial charge in [0.15, 0.2) is 0 Å². The zero-order valence-corrected chi connectivity index (χ0v) is 11.2. The van der Waals surface area contributed by atoms with Crippen LogP contribution in [0.25, 0.3) is 0 Å². The van der Waals surface area contributed by atoms with E-state index in [1.54, 1.807) is 25.4 Å². The Bertz CT molecular complexity index is 590. The molecule has 18 heavy (non-hydrogen) atoms. The van der Waals surface area contributed by atoms with Crippen LogP contribution in [-0.4, -0.2) is 12.1 Å². The van der Waals surface area contributed by atoms with Crippen molar-refractivity contribution in [2.75, 3.05) is 12.4 Å². The molecule has 0 aliphatic heterocycles. The minimum atomic E-state index is 0.391. The summed E-state index contributed by atoms with van der Waals surface area (Å²) in [6, 6.07) is 11.1. The Labute approximate surface area is 113 Å². The van der Waals surface area contributed by atoms with E-state index in [1.807, 2.05) is 24.3 Å². The number of nitrogens with one attached hydrogen (secondary N) is 1. The van der Waals surface area contributed by atoms with Crippen LogP contribution in [0.15, 0.2) is 41.0 Å². The predicted molar refractivity (Wildman–Crippen MR) is 72.9 cm³/mol. The number of pyridine rings is 1. The molecule has 90 valence electrons. The summed E-state index contributed by atoms with van der Waals surface area (Å²) in [6.07, 6.45) is 1.61. The average Bonchev–Trinajstić information content (AvgIpc) is 2.40. The molecule has 0 saturated heterocycles. The van der Waals surface area contributed by atoms with Crippen molar-refractivity contribution in [3.05, 3.63) is 46.7 Å². The van der Waals surface area contributed by atoms with Crippen LogP contribution < -0.4 is 10.1 Å². The van der Waals surface area contributed by atoms with Gasteiger partial charge in [-0.2, -0.15) is 5.26 Å². The first kappa shape index (κ1) is 12.4. The van der Waals surface area contributed by atoms with Gasteiger partial charge in [-0.25, -0.2) is 4.98 Å². The van der Waals surface area contributed by atoms with Crippen molar-refractivity contribution in [3.8, 4) is 11.8 Å². The van der Waals surface area contributed by atoms with E-state index >= 15 is 0 Å². The lowest BCUT2D eigenvalue weighted by Crippen LogP contribution is -1.95. The lowest BCUT2D eigenvalue weighted by molar-refractivity contribution is 0.417. The number of rotatable bonds is 3. The molecule has 0 unspecified atom stereocenters. The molecule has 4 nitrogen and oxygen atoms in total. The lowest BCUT2D eigenvalue weighted by Gasteiger charge is -2.11. The first-order valence-corrected chi connectivity index (χ1v) is 5.99. The van der Waals surface area contributed by atoms with Gasteiger partial charge in [0.1, 0.15) is 17.5 Å². The van der Waals surface area contributed by atoms with E-state index in [-0.39, 0.29) is 0 Å². The molecule has 0 amide bonds. The molecule has 5 heteroatoms. The highest BCUT2D eigenvalue weighted by Gasteiger charge is 2.04. The second kappa shape index (κ2) is 5.52. The molecule has 0 aliphatic carbocycles. The maximum Gasteiger partial charge on any atom is 0.142 e. The Kier molecular flexibility index (Phi) is 3.80. The standard InChI is InChI=1S/C13H10BrN3O/c1-18-13-5-2-9(14)6-12(13)17-11-4-3-10(7-15)16-8-11/h2-6,8,17H,1H3. The number of nitrogens with zero attached hydrogens (tertiary/aromatic N) is 2. The monoisotopic (exact) mass is 303 g/mol. The largest absolute Gasteiger partial charge is 0.495 e. The number of aromatic nitrogens is 1. The number of methoxy groups -OCH3 is 1. The van der Waals surface area contributed by atoms with Crippen molar-refractivity contribution in [2.24, 2.45) is 0 Å². The molecule has 1 N–H and O–H groups in total. The molecule has 2 rings (SSSR count). The quantitative estimate of drug-likeness (QED) is 0.943. The minimum Gasteiger partial charge on any atom is -0.495 e. The van der Waals surface area contributed by atoms with E-state index in [9.17, 15) is 0 Å². The van der Waals surface area contributed by atoms with Gasteiger partial charge < -0.3 is 10.1 Å². The molecule has 0 spiro atoms. The maximum absolute atomic E-state index is 8.68. The minimum absolute atomic E-state index is 0.391. The molecule has 0 aliphatic rings. The van der Waals surface area contributed by atoms with E-state index in [1.165, 1.54) is 0 Å². The molecular weight excluding hydrogens is 294 g/mol. The van der Waals surface area contributed by atoms with Crippen LogP contribution in [0.4, 0.5) is 11.4 Å². The number of nitriles is 1. The number of hydrogen-bond donors (Lipinski definition) is 1. The first-order chi connectivity index (χ1) is 8.72.